The van der Waals surface area contributed by atoms with E-state index in [0.717, 1.165) is 12.8 Å². The van der Waals surface area contributed by atoms with E-state index in [0.29, 0.717) is 23.4 Å². The van der Waals surface area contributed by atoms with Crippen molar-refractivity contribution >= 4 is 11.8 Å². The molecule has 6 nitrogen and oxygen atoms in total. The highest BCUT2D eigenvalue weighted by Crippen LogP contribution is 2.36. The van der Waals surface area contributed by atoms with Gasteiger partial charge in [-0.15, -0.1) is 5.10 Å². The van der Waals surface area contributed by atoms with Crippen molar-refractivity contribution in [1.29, 1.82) is 5.26 Å². The van der Waals surface area contributed by atoms with Gasteiger partial charge in [0.25, 0.3) is 0 Å². The van der Waals surface area contributed by atoms with E-state index >= 15 is 0 Å². The van der Waals surface area contributed by atoms with Crippen LogP contribution in [0.25, 0.3) is 0 Å². The number of aromatic amines is 1. The Labute approximate surface area is 103 Å². The summed E-state index contributed by atoms with van der Waals surface area (Å²) in [7, 11) is 0. The van der Waals surface area contributed by atoms with Crippen molar-refractivity contribution in [2.75, 3.05) is 5.75 Å². The van der Waals surface area contributed by atoms with Crippen LogP contribution >= 0.6 is 11.8 Å². The van der Waals surface area contributed by atoms with Gasteiger partial charge in [0.05, 0.1) is 6.07 Å². The van der Waals surface area contributed by atoms with Crippen LogP contribution < -0.4 is 11.4 Å². The second-order valence-electron chi connectivity index (χ2n) is 4.54. The SMILES string of the molecule is CC(N)(C#N)CCSc1n[nH]c(=O)n1C1CC1. The minimum absolute atomic E-state index is 0.147. The average molecular weight is 253 g/mol. The number of nitrogens with zero attached hydrogens (tertiary/aromatic N) is 3. The zero-order valence-electron chi connectivity index (χ0n) is 9.64. The normalized spacial score (nSPS) is 18.6. The zero-order valence-corrected chi connectivity index (χ0v) is 10.5. The smallest absolute Gasteiger partial charge is 0.314 e. The Morgan fingerprint density at radius 2 is 2.47 bits per heavy atom. The topological polar surface area (TPSA) is 100 Å². The standard InChI is InChI=1S/C10H15N5OS/c1-10(12,6-11)4-5-17-9-14-13-8(16)15(9)7-2-3-7/h7H,2-5,12H2,1H3,(H,13,16). The summed E-state index contributed by atoms with van der Waals surface area (Å²) in [5.41, 5.74) is 4.77. The van der Waals surface area contributed by atoms with E-state index in [9.17, 15) is 4.79 Å². The van der Waals surface area contributed by atoms with Gasteiger partial charge in [-0.1, -0.05) is 11.8 Å². The Morgan fingerprint density at radius 3 is 3.06 bits per heavy atom. The molecule has 0 radical (unpaired) electrons. The molecule has 1 aliphatic rings. The number of thioether (sulfide) groups is 1. The molecule has 1 unspecified atom stereocenters. The van der Waals surface area contributed by atoms with Gasteiger partial charge in [-0.05, 0) is 26.2 Å². The summed E-state index contributed by atoms with van der Waals surface area (Å²) < 4.78 is 1.70. The molecule has 0 bridgehead atoms. The third-order valence-electron chi connectivity index (χ3n) is 2.69. The van der Waals surface area contributed by atoms with Crippen molar-refractivity contribution in [3.8, 4) is 6.07 Å². The first-order chi connectivity index (χ1) is 8.03. The van der Waals surface area contributed by atoms with Crippen molar-refractivity contribution in [2.24, 2.45) is 5.73 Å². The lowest BCUT2D eigenvalue weighted by Crippen LogP contribution is -2.34. The molecule has 0 aliphatic heterocycles. The number of aromatic nitrogens is 3. The molecule has 1 heterocycles. The van der Waals surface area contributed by atoms with Crippen molar-refractivity contribution in [1.82, 2.24) is 14.8 Å². The fraction of sp³-hybridized carbons (Fsp3) is 0.700. The summed E-state index contributed by atoms with van der Waals surface area (Å²) in [5.74, 6) is 0.678. The lowest BCUT2D eigenvalue weighted by molar-refractivity contribution is 0.581. The van der Waals surface area contributed by atoms with Gasteiger partial charge in [-0.3, -0.25) is 4.57 Å². The minimum atomic E-state index is -0.811. The first kappa shape index (κ1) is 12.2. The van der Waals surface area contributed by atoms with Crippen molar-refractivity contribution in [3.63, 3.8) is 0 Å². The van der Waals surface area contributed by atoms with Crippen LogP contribution in [0.4, 0.5) is 0 Å². The van der Waals surface area contributed by atoms with Gasteiger partial charge in [-0.25, -0.2) is 9.89 Å². The third-order valence-corrected chi connectivity index (χ3v) is 3.65. The maximum Gasteiger partial charge on any atom is 0.344 e. The molecule has 0 amide bonds. The first-order valence-corrected chi connectivity index (χ1v) is 6.52. The zero-order chi connectivity index (χ0) is 12.5. The highest BCUT2D eigenvalue weighted by atomic mass is 32.2. The Morgan fingerprint density at radius 1 is 1.76 bits per heavy atom. The predicted molar refractivity (Wildman–Crippen MR) is 64.7 cm³/mol. The molecule has 1 aromatic heterocycles. The highest BCUT2D eigenvalue weighted by molar-refractivity contribution is 7.99. The predicted octanol–water partition coefficient (Wildman–Crippen LogP) is 0.629. The molecular formula is C10H15N5OS. The molecule has 1 atom stereocenters. The van der Waals surface area contributed by atoms with E-state index in [1.165, 1.54) is 11.8 Å². The molecule has 3 N–H and O–H groups in total. The van der Waals surface area contributed by atoms with E-state index in [-0.39, 0.29) is 5.69 Å². The monoisotopic (exact) mass is 253 g/mol. The summed E-state index contributed by atoms with van der Waals surface area (Å²) in [5, 5.41) is 15.9. The Hall–Kier alpha value is -1.26. The second kappa shape index (κ2) is 4.55. The number of H-pyrrole nitrogens is 1. The number of nitriles is 1. The molecule has 1 aliphatic carbocycles. The van der Waals surface area contributed by atoms with E-state index in [1.807, 2.05) is 0 Å². The first-order valence-electron chi connectivity index (χ1n) is 5.53. The van der Waals surface area contributed by atoms with Crippen molar-refractivity contribution in [3.05, 3.63) is 10.5 Å². The lowest BCUT2D eigenvalue weighted by Gasteiger charge is -2.13. The van der Waals surface area contributed by atoms with Gasteiger partial charge in [-0.2, -0.15) is 5.26 Å². The van der Waals surface area contributed by atoms with Crippen LogP contribution in [-0.4, -0.2) is 26.1 Å². The third kappa shape index (κ3) is 2.90. The second-order valence-corrected chi connectivity index (χ2v) is 5.60. The number of nitrogens with one attached hydrogen (secondary N) is 1. The van der Waals surface area contributed by atoms with Crippen molar-refractivity contribution in [2.45, 2.75) is 42.9 Å². The highest BCUT2D eigenvalue weighted by Gasteiger charge is 2.28. The molecule has 1 saturated carbocycles. The van der Waals surface area contributed by atoms with Crippen LogP contribution in [0, 0.1) is 11.3 Å². The lowest BCUT2D eigenvalue weighted by atomic mass is 10.0. The van der Waals surface area contributed by atoms with Gasteiger partial charge in [0, 0.05) is 11.8 Å². The average Bonchev–Trinajstić information content (AvgIpc) is 3.04. The fourth-order valence-electron chi connectivity index (χ4n) is 1.46. The van der Waals surface area contributed by atoms with Gasteiger partial charge >= 0.3 is 5.69 Å². The van der Waals surface area contributed by atoms with Crippen LogP contribution in [0.1, 0.15) is 32.2 Å². The summed E-state index contributed by atoms with van der Waals surface area (Å²) in [4.78, 5) is 11.5. The van der Waals surface area contributed by atoms with Gasteiger partial charge in [0.1, 0.15) is 5.54 Å². The molecular weight excluding hydrogens is 238 g/mol. The molecule has 17 heavy (non-hydrogen) atoms. The van der Waals surface area contributed by atoms with Crippen LogP contribution in [0.5, 0.6) is 0 Å². The largest absolute Gasteiger partial charge is 0.344 e. The van der Waals surface area contributed by atoms with Crippen molar-refractivity contribution < 1.29 is 0 Å². The molecule has 0 spiro atoms. The van der Waals surface area contributed by atoms with Gasteiger partial charge in [0.2, 0.25) is 0 Å². The Kier molecular flexibility index (Phi) is 3.26. The van der Waals surface area contributed by atoms with Crippen LogP contribution in [0.3, 0.4) is 0 Å². The molecule has 2 rings (SSSR count). The van der Waals surface area contributed by atoms with Gasteiger partial charge < -0.3 is 5.73 Å². The van der Waals surface area contributed by atoms with E-state index < -0.39 is 5.54 Å². The molecule has 1 fully saturated rings. The maximum atomic E-state index is 11.5. The van der Waals surface area contributed by atoms with Crippen LogP contribution in [0.15, 0.2) is 9.95 Å². The van der Waals surface area contributed by atoms with Crippen LogP contribution in [-0.2, 0) is 0 Å². The number of hydrogen-bond donors (Lipinski definition) is 2. The summed E-state index contributed by atoms with van der Waals surface area (Å²) in [6.45, 7) is 1.70. The molecule has 0 aromatic carbocycles. The molecule has 7 heteroatoms. The fourth-order valence-corrected chi connectivity index (χ4v) is 2.65. The van der Waals surface area contributed by atoms with Crippen LogP contribution in [0.2, 0.25) is 0 Å². The molecule has 92 valence electrons. The number of nitrogens with two attached hydrogens (primary N) is 1. The number of rotatable bonds is 5. The Balaban J connectivity index is 1.96. The minimum Gasteiger partial charge on any atom is -0.314 e. The molecule has 0 saturated heterocycles. The quantitative estimate of drug-likeness (QED) is 0.749. The van der Waals surface area contributed by atoms with E-state index in [2.05, 4.69) is 16.3 Å². The van der Waals surface area contributed by atoms with Gasteiger partial charge in [0.15, 0.2) is 5.16 Å². The summed E-state index contributed by atoms with van der Waals surface area (Å²) >= 11 is 1.47. The van der Waals surface area contributed by atoms with E-state index in [4.69, 9.17) is 11.0 Å². The summed E-state index contributed by atoms with van der Waals surface area (Å²) in [6, 6.07) is 2.36. The van der Waals surface area contributed by atoms with E-state index in [1.54, 1.807) is 11.5 Å². The maximum absolute atomic E-state index is 11.5. The Bertz CT molecular complexity index is 494. The summed E-state index contributed by atoms with van der Waals surface area (Å²) in [6.07, 6.45) is 2.65. The number of hydrogen-bond acceptors (Lipinski definition) is 5. The molecule has 1 aromatic rings.